The van der Waals surface area contributed by atoms with Crippen molar-refractivity contribution in [3.05, 3.63) is 23.7 Å². The maximum absolute atomic E-state index is 13.2. The largest absolute Gasteiger partial charge is 0.464 e. The van der Waals surface area contributed by atoms with Gasteiger partial charge >= 0.3 is 0 Å². The zero-order chi connectivity index (χ0) is 15.5. The molecule has 4 fully saturated rings. The molecule has 22 heavy (non-hydrogen) atoms. The molecular formula is C18H24ClNO2. The molecule has 2 atom stereocenters. The molecule has 0 aliphatic heterocycles. The van der Waals surface area contributed by atoms with Crippen LogP contribution in [0.25, 0.3) is 0 Å². The van der Waals surface area contributed by atoms with Crippen LogP contribution in [0.2, 0.25) is 0 Å². The Labute approximate surface area is 137 Å². The average Bonchev–Trinajstić information content (AvgIpc) is 2.80. The van der Waals surface area contributed by atoms with Gasteiger partial charge in [-0.2, -0.15) is 0 Å². The number of amides is 1. The van der Waals surface area contributed by atoms with Crippen molar-refractivity contribution in [1.82, 2.24) is 4.90 Å². The third-order valence-corrected chi connectivity index (χ3v) is 6.42. The van der Waals surface area contributed by atoms with Crippen molar-refractivity contribution in [1.29, 1.82) is 0 Å². The van der Waals surface area contributed by atoms with E-state index >= 15 is 0 Å². The molecule has 3 nitrogen and oxygen atoms in total. The van der Waals surface area contributed by atoms with E-state index in [0.29, 0.717) is 18.4 Å². The van der Waals surface area contributed by atoms with Gasteiger partial charge in [-0.25, -0.2) is 0 Å². The second-order valence-corrected chi connectivity index (χ2v) is 8.87. The van der Waals surface area contributed by atoms with Gasteiger partial charge in [0.05, 0.1) is 12.0 Å². The lowest BCUT2D eigenvalue weighted by molar-refractivity contribution is -0.155. The van der Waals surface area contributed by atoms with Crippen LogP contribution in [-0.2, 0) is 11.3 Å². The molecule has 5 rings (SSSR count). The van der Waals surface area contributed by atoms with Gasteiger partial charge in [-0.15, -0.1) is 11.6 Å². The smallest absolute Gasteiger partial charge is 0.229 e. The molecule has 1 aromatic heterocycles. The minimum Gasteiger partial charge on any atom is -0.464 e. The highest BCUT2D eigenvalue weighted by Crippen LogP contribution is 2.64. The molecule has 0 aromatic carbocycles. The lowest BCUT2D eigenvalue weighted by Gasteiger charge is -2.59. The molecule has 0 saturated heterocycles. The normalized spacial score (nSPS) is 39.2. The van der Waals surface area contributed by atoms with Gasteiger partial charge in [0.1, 0.15) is 11.5 Å². The van der Waals surface area contributed by atoms with E-state index in [1.807, 2.05) is 31.0 Å². The van der Waals surface area contributed by atoms with Crippen LogP contribution in [0, 0.1) is 24.2 Å². The van der Waals surface area contributed by atoms with Crippen molar-refractivity contribution in [2.45, 2.75) is 56.9 Å². The highest BCUT2D eigenvalue weighted by molar-refractivity contribution is 6.24. The van der Waals surface area contributed by atoms with Crippen molar-refractivity contribution in [3.63, 3.8) is 0 Å². The Morgan fingerprint density at radius 2 is 2.00 bits per heavy atom. The molecule has 4 aliphatic carbocycles. The third-order valence-electron chi connectivity index (χ3n) is 5.98. The van der Waals surface area contributed by atoms with Gasteiger partial charge in [0, 0.05) is 11.9 Å². The Balaban J connectivity index is 1.54. The van der Waals surface area contributed by atoms with Crippen LogP contribution < -0.4 is 0 Å². The zero-order valence-electron chi connectivity index (χ0n) is 13.4. The number of nitrogens with zero attached hydrogens (tertiary/aromatic N) is 1. The van der Waals surface area contributed by atoms with Gasteiger partial charge in [-0.1, -0.05) is 0 Å². The Morgan fingerprint density at radius 3 is 2.55 bits per heavy atom. The molecule has 1 aromatic rings. The van der Waals surface area contributed by atoms with Crippen LogP contribution in [0.3, 0.4) is 0 Å². The van der Waals surface area contributed by atoms with Crippen molar-refractivity contribution in [3.8, 4) is 0 Å². The van der Waals surface area contributed by atoms with E-state index in [1.54, 1.807) is 0 Å². The maximum atomic E-state index is 13.2. The second-order valence-electron chi connectivity index (χ2n) is 8.07. The van der Waals surface area contributed by atoms with Gasteiger partial charge in [0.25, 0.3) is 0 Å². The summed E-state index contributed by atoms with van der Waals surface area (Å²) in [6.07, 6.45) is 6.46. The number of rotatable bonds is 3. The first-order valence-electron chi connectivity index (χ1n) is 8.37. The number of carbonyl (C=O) groups is 1. The maximum Gasteiger partial charge on any atom is 0.229 e. The van der Waals surface area contributed by atoms with Crippen LogP contribution in [0.4, 0.5) is 0 Å². The van der Waals surface area contributed by atoms with Crippen LogP contribution >= 0.6 is 11.6 Å². The summed E-state index contributed by atoms with van der Waals surface area (Å²) < 4.78 is 5.62. The van der Waals surface area contributed by atoms with E-state index in [2.05, 4.69) is 0 Å². The topological polar surface area (TPSA) is 33.5 Å². The molecule has 4 saturated carbocycles. The standard InChI is InChI=1S/C18H24ClNO2/c1-12-3-4-15(22-12)10-20(2)16(21)17-6-13-5-14(7-17)9-18(19,8-13)11-17/h3-4,13-14H,5-11H2,1-2H3/t13-,14-,17?,18?/m1/s1. The Morgan fingerprint density at radius 1 is 1.32 bits per heavy atom. The molecule has 0 spiro atoms. The Hall–Kier alpha value is -0.960. The predicted molar refractivity (Wildman–Crippen MR) is 85.6 cm³/mol. The number of hydrogen-bond donors (Lipinski definition) is 0. The Bertz CT molecular complexity index is 594. The van der Waals surface area contributed by atoms with Gasteiger partial charge in [0.15, 0.2) is 0 Å². The number of carbonyl (C=O) groups excluding carboxylic acids is 1. The van der Waals surface area contributed by atoms with E-state index in [0.717, 1.165) is 43.6 Å². The summed E-state index contributed by atoms with van der Waals surface area (Å²) >= 11 is 6.84. The molecule has 4 aliphatic rings. The SMILES string of the molecule is Cc1ccc(CN(C)C(=O)C23C[C@H]4C[C@@H](CC(Cl)(C4)C2)C3)o1. The lowest BCUT2D eigenvalue weighted by atomic mass is 9.49. The summed E-state index contributed by atoms with van der Waals surface area (Å²) in [5.74, 6) is 3.34. The minimum atomic E-state index is -0.206. The average molecular weight is 322 g/mol. The molecule has 1 amide bonds. The lowest BCUT2D eigenvalue weighted by Crippen LogP contribution is -2.58. The molecule has 0 unspecified atom stereocenters. The van der Waals surface area contributed by atoms with Gasteiger partial charge < -0.3 is 9.32 Å². The molecular weight excluding hydrogens is 298 g/mol. The van der Waals surface area contributed by atoms with Crippen LogP contribution in [0.1, 0.15) is 50.0 Å². The fourth-order valence-electron chi connectivity index (χ4n) is 5.68. The van der Waals surface area contributed by atoms with Crippen molar-refractivity contribution in [2.24, 2.45) is 17.3 Å². The highest BCUT2D eigenvalue weighted by atomic mass is 35.5. The number of alkyl halides is 1. The van der Waals surface area contributed by atoms with Gasteiger partial charge in [0.2, 0.25) is 5.91 Å². The van der Waals surface area contributed by atoms with Crippen molar-refractivity contribution < 1.29 is 9.21 Å². The second kappa shape index (κ2) is 4.77. The van der Waals surface area contributed by atoms with E-state index in [-0.39, 0.29) is 16.2 Å². The summed E-state index contributed by atoms with van der Waals surface area (Å²) in [4.78, 5) is 14.9. The fourth-order valence-corrected chi connectivity index (χ4v) is 6.37. The highest BCUT2D eigenvalue weighted by Gasteiger charge is 2.60. The predicted octanol–water partition coefficient (Wildman–Crippen LogP) is 4.12. The van der Waals surface area contributed by atoms with E-state index < -0.39 is 0 Å². The number of aryl methyl sites for hydroxylation is 1. The number of hydrogen-bond acceptors (Lipinski definition) is 2. The number of furan rings is 1. The summed E-state index contributed by atoms with van der Waals surface area (Å²) in [6.45, 7) is 2.49. The number of halogens is 1. The molecule has 4 bridgehead atoms. The summed E-state index contributed by atoms with van der Waals surface area (Å²) in [7, 11) is 1.90. The summed E-state index contributed by atoms with van der Waals surface area (Å²) in [5.41, 5.74) is -0.206. The van der Waals surface area contributed by atoms with Crippen LogP contribution in [0.15, 0.2) is 16.5 Å². The molecule has 0 N–H and O–H groups in total. The monoisotopic (exact) mass is 321 g/mol. The quantitative estimate of drug-likeness (QED) is 0.784. The van der Waals surface area contributed by atoms with Crippen molar-refractivity contribution in [2.75, 3.05) is 7.05 Å². The third kappa shape index (κ3) is 2.29. The van der Waals surface area contributed by atoms with E-state index in [9.17, 15) is 4.79 Å². The molecule has 1 heterocycles. The molecule has 4 heteroatoms. The summed E-state index contributed by atoms with van der Waals surface area (Å²) in [5, 5.41) is 0. The summed E-state index contributed by atoms with van der Waals surface area (Å²) in [6, 6.07) is 3.91. The Kier molecular flexibility index (Phi) is 3.17. The first kappa shape index (κ1) is 14.6. The van der Waals surface area contributed by atoms with Gasteiger partial charge in [-0.3, -0.25) is 4.79 Å². The zero-order valence-corrected chi connectivity index (χ0v) is 14.2. The van der Waals surface area contributed by atoms with E-state index in [1.165, 1.54) is 6.42 Å². The fraction of sp³-hybridized carbons (Fsp3) is 0.722. The van der Waals surface area contributed by atoms with E-state index in [4.69, 9.17) is 16.0 Å². The molecule has 120 valence electrons. The van der Waals surface area contributed by atoms with Gasteiger partial charge in [-0.05, 0) is 69.4 Å². The van der Waals surface area contributed by atoms with Crippen molar-refractivity contribution >= 4 is 17.5 Å². The van der Waals surface area contributed by atoms with Crippen LogP contribution in [-0.4, -0.2) is 22.7 Å². The molecule has 0 radical (unpaired) electrons. The minimum absolute atomic E-state index is 0.109. The first-order valence-corrected chi connectivity index (χ1v) is 8.75. The first-order chi connectivity index (χ1) is 10.4. The van der Waals surface area contributed by atoms with Crippen LogP contribution in [0.5, 0.6) is 0 Å².